The molecule has 3 rings (SSSR count). The standard InChI is InChI=1S/C17H27ClO5S/c1-16(2,11-23-24(18,20)21)5-6-22-15(19)17-4-3-13-7-12(9-17)8-14(13)10-17/h12-14H,3-11H2,1-2H3. The van der Waals surface area contributed by atoms with E-state index >= 15 is 0 Å². The normalized spacial score (nSPS) is 35.2. The second-order valence-corrected chi connectivity index (χ2v) is 10.9. The summed E-state index contributed by atoms with van der Waals surface area (Å²) in [4.78, 5) is 12.7. The molecular weight excluding hydrogens is 352 g/mol. The fourth-order valence-electron chi connectivity index (χ4n) is 5.06. The average molecular weight is 379 g/mol. The number of ether oxygens (including phenoxy) is 1. The average Bonchev–Trinajstić information content (AvgIpc) is 2.67. The third-order valence-corrected chi connectivity index (χ3v) is 6.97. The van der Waals surface area contributed by atoms with Crippen LogP contribution in [0.25, 0.3) is 0 Å². The first-order valence-electron chi connectivity index (χ1n) is 8.85. The molecule has 4 atom stereocenters. The molecule has 3 fully saturated rings. The van der Waals surface area contributed by atoms with Crippen molar-refractivity contribution >= 4 is 26.0 Å². The van der Waals surface area contributed by atoms with Gasteiger partial charge in [-0.2, -0.15) is 8.42 Å². The summed E-state index contributed by atoms with van der Waals surface area (Å²) in [7, 11) is 1.10. The van der Waals surface area contributed by atoms with Gasteiger partial charge in [-0.25, -0.2) is 0 Å². The molecule has 3 bridgehead atoms. The summed E-state index contributed by atoms with van der Waals surface area (Å²) in [6, 6.07) is 0. The predicted octanol–water partition coefficient (Wildman–Crippen LogP) is 3.66. The highest BCUT2D eigenvalue weighted by molar-refractivity contribution is 8.09. The zero-order valence-corrected chi connectivity index (χ0v) is 16.0. The van der Waals surface area contributed by atoms with Crippen molar-refractivity contribution in [1.29, 1.82) is 0 Å². The molecule has 3 aliphatic carbocycles. The highest BCUT2D eigenvalue weighted by atomic mass is 35.7. The van der Waals surface area contributed by atoms with Gasteiger partial charge in [0, 0.05) is 10.7 Å². The molecule has 3 aliphatic rings. The van der Waals surface area contributed by atoms with Crippen LogP contribution in [-0.2, 0) is 23.0 Å². The molecule has 0 heterocycles. The van der Waals surface area contributed by atoms with Crippen LogP contribution < -0.4 is 0 Å². The van der Waals surface area contributed by atoms with Gasteiger partial charge < -0.3 is 4.74 Å². The van der Waals surface area contributed by atoms with E-state index in [1.54, 1.807) is 0 Å². The van der Waals surface area contributed by atoms with Crippen LogP contribution in [0.2, 0.25) is 0 Å². The molecule has 0 saturated heterocycles. The minimum atomic E-state index is -3.97. The fourth-order valence-corrected chi connectivity index (χ4v) is 5.65. The topological polar surface area (TPSA) is 69.7 Å². The molecule has 0 N–H and O–H groups in total. The summed E-state index contributed by atoms with van der Waals surface area (Å²) in [6.45, 7) is 4.01. The van der Waals surface area contributed by atoms with Crippen molar-refractivity contribution in [1.82, 2.24) is 0 Å². The van der Waals surface area contributed by atoms with Gasteiger partial charge in [-0.1, -0.05) is 13.8 Å². The van der Waals surface area contributed by atoms with Crippen LogP contribution in [-0.4, -0.2) is 27.6 Å². The van der Waals surface area contributed by atoms with Gasteiger partial charge >= 0.3 is 15.3 Å². The number of halogens is 1. The summed E-state index contributed by atoms with van der Waals surface area (Å²) in [6.07, 6.45) is 7.29. The summed E-state index contributed by atoms with van der Waals surface area (Å²) < 4.78 is 32.0. The van der Waals surface area contributed by atoms with Crippen molar-refractivity contribution in [3.8, 4) is 0 Å². The number of fused-ring (bicyclic) bond motifs is 2. The quantitative estimate of drug-likeness (QED) is 0.499. The fraction of sp³-hybridized carbons (Fsp3) is 0.941. The lowest BCUT2D eigenvalue weighted by Gasteiger charge is -2.43. The van der Waals surface area contributed by atoms with Crippen molar-refractivity contribution in [3.05, 3.63) is 0 Å². The largest absolute Gasteiger partial charge is 0.465 e. The van der Waals surface area contributed by atoms with E-state index in [9.17, 15) is 13.2 Å². The Labute approximate surface area is 149 Å². The number of hydrogen-bond donors (Lipinski definition) is 0. The first kappa shape index (κ1) is 18.5. The lowest BCUT2D eigenvalue weighted by molar-refractivity contribution is -0.163. The van der Waals surface area contributed by atoms with Gasteiger partial charge in [0.05, 0.1) is 18.6 Å². The molecule has 7 heteroatoms. The zero-order chi connectivity index (χ0) is 17.6. The van der Waals surface area contributed by atoms with Gasteiger partial charge in [0.1, 0.15) is 0 Å². The van der Waals surface area contributed by atoms with E-state index in [2.05, 4.69) is 4.18 Å². The zero-order valence-electron chi connectivity index (χ0n) is 14.4. The van der Waals surface area contributed by atoms with Crippen LogP contribution in [0.4, 0.5) is 0 Å². The summed E-state index contributed by atoms with van der Waals surface area (Å²) in [5.74, 6) is 2.23. The van der Waals surface area contributed by atoms with E-state index in [4.69, 9.17) is 15.4 Å². The van der Waals surface area contributed by atoms with E-state index in [1.807, 2.05) is 13.8 Å². The Hall–Kier alpha value is -0.330. The van der Waals surface area contributed by atoms with E-state index in [-0.39, 0.29) is 24.6 Å². The summed E-state index contributed by atoms with van der Waals surface area (Å²) in [5.41, 5.74) is -0.677. The number of carbonyl (C=O) groups is 1. The lowest BCUT2D eigenvalue weighted by Crippen LogP contribution is -2.42. The third-order valence-electron chi connectivity index (χ3n) is 6.30. The molecule has 0 spiro atoms. The van der Waals surface area contributed by atoms with E-state index < -0.39 is 14.7 Å². The predicted molar refractivity (Wildman–Crippen MR) is 90.7 cm³/mol. The van der Waals surface area contributed by atoms with Gasteiger partial charge in [-0.05, 0) is 68.1 Å². The van der Waals surface area contributed by atoms with Crippen molar-refractivity contribution < 1.29 is 22.1 Å². The minimum absolute atomic E-state index is 0.0205. The molecule has 3 saturated carbocycles. The highest BCUT2D eigenvalue weighted by Crippen LogP contribution is 2.61. The van der Waals surface area contributed by atoms with Gasteiger partial charge in [0.25, 0.3) is 0 Å². The third kappa shape index (κ3) is 4.07. The number of rotatable bonds is 7. The molecule has 4 unspecified atom stereocenters. The molecule has 24 heavy (non-hydrogen) atoms. The Morgan fingerprint density at radius 2 is 1.96 bits per heavy atom. The van der Waals surface area contributed by atoms with Crippen LogP contribution in [0, 0.1) is 28.6 Å². The maximum atomic E-state index is 12.7. The van der Waals surface area contributed by atoms with Crippen LogP contribution in [0.1, 0.15) is 58.8 Å². The minimum Gasteiger partial charge on any atom is -0.465 e. The van der Waals surface area contributed by atoms with Gasteiger partial charge in [-0.3, -0.25) is 8.98 Å². The van der Waals surface area contributed by atoms with E-state index in [0.717, 1.165) is 31.1 Å². The highest BCUT2D eigenvalue weighted by Gasteiger charge is 2.55. The van der Waals surface area contributed by atoms with Crippen LogP contribution >= 0.6 is 10.7 Å². The van der Waals surface area contributed by atoms with Gasteiger partial charge in [-0.15, -0.1) is 0 Å². The SMILES string of the molecule is CC(C)(CCOC(=O)C12CCC3CC(CC3C1)C2)COS(=O)(=O)Cl. The Morgan fingerprint density at radius 1 is 1.25 bits per heavy atom. The van der Waals surface area contributed by atoms with Crippen molar-refractivity contribution in [2.45, 2.75) is 58.8 Å². The molecule has 5 nitrogen and oxygen atoms in total. The van der Waals surface area contributed by atoms with Crippen LogP contribution in [0.15, 0.2) is 0 Å². The Morgan fingerprint density at radius 3 is 2.67 bits per heavy atom. The van der Waals surface area contributed by atoms with E-state index in [0.29, 0.717) is 12.3 Å². The maximum absolute atomic E-state index is 12.7. The Kier molecular flexibility index (Phi) is 4.95. The monoisotopic (exact) mass is 378 g/mol. The lowest BCUT2D eigenvalue weighted by atomic mass is 9.62. The second-order valence-electron chi connectivity index (χ2n) is 8.79. The smallest absolute Gasteiger partial charge is 0.355 e. The molecular formula is C17H27ClO5S. The molecule has 0 aromatic rings. The Bertz CT molecular complexity index is 598. The molecule has 138 valence electrons. The molecule has 0 radical (unpaired) electrons. The number of carbonyl (C=O) groups excluding carboxylic acids is 1. The van der Waals surface area contributed by atoms with Crippen molar-refractivity contribution in [2.75, 3.05) is 13.2 Å². The number of esters is 1. The summed E-state index contributed by atoms with van der Waals surface area (Å²) in [5, 5.41) is 0. The van der Waals surface area contributed by atoms with E-state index in [1.165, 1.54) is 19.3 Å². The van der Waals surface area contributed by atoms with Crippen LogP contribution in [0.5, 0.6) is 0 Å². The maximum Gasteiger partial charge on any atom is 0.355 e. The summed E-state index contributed by atoms with van der Waals surface area (Å²) >= 11 is 0. The van der Waals surface area contributed by atoms with Gasteiger partial charge in [0.15, 0.2) is 0 Å². The van der Waals surface area contributed by atoms with Crippen LogP contribution in [0.3, 0.4) is 0 Å². The number of hydrogen-bond acceptors (Lipinski definition) is 5. The molecule has 0 aromatic heterocycles. The Balaban J connectivity index is 1.49. The molecule has 0 aliphatic heterocycles. The van der Waals surface area contributed by atoms with Gasteiger partial charge in [0.2, 0.25) is 0 Å². The van der Waals surface area contributed by atoms with Crippen molar-refractivity contribution in [2.24, 2.45) is 28.6 Å². The first-order valence-corrected chi connectivity index (χ1v) is 11.1. The molecule has 0 amide bonds. The second kappa shape index (κ2) is 6.44. The first-order chi connectivity index (χ1) is 11.1. The van der Waals surface area contributed by atoms with Crippen molar-refractivity contribution in [3.63, 3.8) is 0 Å². The molecule has 0 aromatic carbocycles.